The van der Waals surface area contributed by atoms with Crippen molar-refractivity contribution in [1.29, 1.82) is 0 Å². The summed E-state index contributed by atoms with van der Waals surface area (Å²) in [7, 11) is 0. The van der Waals surface area contributed by atoms with Gasteiger partial charge in [-0.25, -0.2) is 0 Å². The van der Waals surface area contributed by atoms with Gasteiger partial charge in [0, 0.05) is 28.6 Å². The molecular weight excluding hydrogens is 291 g/mol. The first-order valence-corrected chi connectivity index (χ1v) is 6.52. The van der Waals surface area contributed by atoms with Crippen LogP contribution in [0.1, 0.15) is 5.56 Å². The monoisotopic (exact) mass is 303 g/mol. The van der Waals surface area contributed by atoms with Gasteiger partial charge in [-0.15, -0.1) is 0 Å². The predicted molar refractivity (Wildman–Crippen MR) is 80.9 cm³/mol. The van der Waals surface area contributed by atoms with Gasteiger partial charge < -0.3 is 11.1 Å². The Balaban J connectivity index is 2.02. The van der Waals surface area contributed by atoms with Crippen LogP contribution in [-0.2, 0) is 6.18 Å². The van der Waals surface area contributed by atoms with Crippen molar-refractivity contribution in [3.63, 3.8) is 0 Å². The van der Waals surface area contributed by atoms with Crippen molar-refractivity contribution >= 4 is 28.0 Å². The average molecular weight is 303 g/mol. The van der Waals surface area contributed by atoms with Gasteiger partial charge in [-0.2, -0.15) is 13.2 Å². The topological polar surface area (TPSA) is 50.9 Å². The number of hydrogen-bond donors (Lipinski definition) is 2. The molecule has 0 aliphatic rings. The Morgan fingerprint density at radius 3 is 2.36 bits per heavy atom. The van der Waals surface area contributed by atoms with Gasteiger partial charge in [0.1, 0.15) is 0 Å². The van der Waals surface area contributed by atoms with E-state index >= 15 is 0 Å². The number of benzene rings is 2. The van der Waals surface area contributed by atoms with Gasteiger partial charge in [0.2, 0.25) is 0 Å². The fourth-order valence-electron chi connectivity index (χ4n) is 2.16. The van der Waals surface area contributed by atoms with E-state index in [-0.39, 0.29) is 5.52 Å². The molecule has 3 N–H and O–H groups in total. The Morgan fingerprint density at radius 1 is 0.955 bits per heavy atom. The molecule has 0 aliphatic heterocycles. The Bertz CT molecular complexity index is 811. The molecule has 3 nitrogen and oxygen atoms in total. The second-order valence-electron chi connectivity index (χ2n) is 4.84. The molecule has 22 heavy (non-hydrogen) atoms. The highest BCUT2D eigenvalue weighted by Gasteiger charge is 2.30. The van der Waals surface area contributed by atoms with Crippen LogP contribution in [0, 0.1) is 0 Å². The summed E-state index contributed by atoms with van der Waals surface area (Å²) in [6.45, 7) is 0. The summed E-state index contributed by atoms with van der Waals surface area (Å²) < 4.78 is 38.2. The molecule has 3 rings (SSSR count). The van der Waals surface area contributed by atoms with Gasteiger partial charge in [-0.05, 0) is 42.5 Å². The summed E-state index contributed by atoms with van der Waals surface area (Å²) in [6, 6.07) is 12.3. The number of nitrogens with one attached hydrogen (secondary N) is 1. The summed E-state index contributed by atoms with van der Waals surface area (Å²) in [5.74, 6) is 0. The Morgan fingerprint density at radius 2 is 1.68 bits per heavy atom. The number of fused-ring (bicyclic) bond motifs is 1. The van der Waals surface area contributed by atoms with E-state index < -0.39 is 11.7 Å². The summed E-state index contributed by atoms with van der Waals surface area (Å²) >= 11 is 0. The van der Waals surface area contributed by atoms with Gasteiger partial charge in [-0.1, -0.05) is 6.07 Å². The Labute approximate surface area is 124 Å². The molecule has 6 heteroatoms. The highest BCUT2D eigenvalue weighted by atomic mass is 19.4. The van der Waals surface area contributed by atoms with Crippen molar-refractivity contribution in [3.8, 4) is 0 Å². The van der Waals surface area contributed by atoms with Gasteiger partial charge >= 0.3 is 6.18 Å². The maximum Gasteiger partial charge on any atom is 0.416 e. The molecule has 3 aromatic rings. The maximum atomic E-state index is 12.7. The van der Waals surface area contributed by atoms with E-state index in [9.17, 15) is 13.2 Å². The molecule has 0 aliphatic carbocycles. The minimum Gasteiger partial charge on any atom is -0.399 e. The number of pyridine rings is 1. The van der Waals surface area contributed by atoms with Crippen molar-refractivity contribution in [2.75, 3.05) is 11.1 Å². The van der Waals surface area contributed by atoms with Crippen LogP contribution in [0.3, 0.4) is 0 Å². The zero-order valence-electron chi connectivity index (χ0n) is 11.4. The van der Waals surface area contributed by atoms with E-state index in [1.54, 1.807) is 30.3 Å². The summed E-state index contributed by atoms with van der Waals surface area (Å²) in [6.07, 6.45) is -2.90. The minimum absolute atomic E-state index is 0.287. The van der Waals surface area contributed by atoms with Crippen molar-refractivity contribution in [2.24, 2.45) is 0 Å². The third-order valence-corrected chi connectivity index (χ3v) is 3.26. The molecule has 0 bridgehead atoms. The molecule has 2 aromatic carbocycles. The Hall–Kier alpha value is -2.76. The van der Waals surface area contributed by atoms with Crippen molar-refractivity contribution in [3.05, 3.63) is 60.3 Å². The molecule has 0 unspecified atom stereocenters. The van der Waals surface area contributed by atoms with E-state index in [0.717, 1.165) is 17.8 Å². The number of rotatable bonds is 2. The lowest BCUT2D eigenvalue weighted by Crippen LogP contribution is -2.04. The number of nitrogen functional groups attached to an aromatic ring is 1. The molecule has 0 fully saturated rings. The largest absolute Gasteiger partial charge is 0.416 e. The SMILES string of the molecule is Nc1ccc(Nc2ccnc3cc(C(F)(F)F)ccc23)cc1. The number of nitrogens with zero attached hydrogens (tertiary/aromatic N) is 1. The fraction of sp³-hybridized carbons (Fsp3) is 0.0625. The summed E-state index contributed by atoms with van der Waals surface area (Å²) in [5, 5.41) is 3.77. The quantitative estimate of drug-likeness (QED) is 0.681. The number of halogens is 3. The van der Waals surface area contributed by atoms with Crippen molar-refractivity contribution < 1.29 is 13.2 Å². The third kappa shape index (κ3) is 2.81. The van der Waals surface area contributed by atoms with Gasteiger partial charge in [0.05, 0.1) is 11.1 Å². The number of nitrogens with two attached hydrogens (primary N) is 1. The second-order valence-corrected chi connectivity index (χ2v) is 4.84. The maximum absolute atomic E-state index is 12.7. The first-order chi connectivity index (χ1) is 10.4. The molecule has 0 spiro atoms. The zero-order chi connectivity index (χ0) is 15.7. The molecule has 0 radical (unpaired) electrons. The predicted octanol–water partition coefficient (Wildman–Crippen LogP) is 4.58. The number of anilines is 3. The number of hydrogen-bond acceptors (Lipinski definition) is 3. The summed E-state index contributed by atoms with van der Waals surface area (Å²) in [5.41, 5.74) is 7.32. The number of alkyl halides is 3. The van der Waals surface area contributed by atoms with Crippen molar-refractivity contribution in [2.45, 2.75) is 6.18 Å². The van der Waals surface area contributed by atoms with E-state index in [0.29, 0.717) is 16.8 Å². The highest BCUT2D eigenvalue weighted by molar-refractivity contribution is 5.93. The van der Waals surface area contributed by atoms with Crippen LogP contribution in [-0.4, -0.2) is 4.98 Å². The van der Waals surface area contributed by atoms with Gasteiger partial charge in [0.15, 0.2) is 0 Å². The second kappa shape index (κ2) is 5.22. The van der Waals surface area contributed by atoms with Crippen LogP contribution in [0.2, 0.25) is 0 Å². The third-order valence-electron chi connectivity index (χ3n) is 3.26. The lowest BCUT2D eigenvalue weighted by atomic mass is 10.1. The first-order valence-electron chi connectivity index (χ1n) is 6.52. The molecule has 0 saturated carbocycles. The summed E-state index contributed by atoms with van der Waals surface area (Å²) in [4.78, 5) is 4.01. The van der Waals surface area contributed by atoms with Crippen LogP contribution in [0.25, 0.3) is 10.9 Å². The molecule has 0 amide bonds. The van der Waals surface area contributed by atoms with Crippen LogP contribution >= 0.6 is 0 Å². The van der Waals surface area contributed by atoms with Crippen LogP contribution < -0.4 is 11.1 Å². The van der Waals surface area contributed by atoms with Crippen molar-refractivity contribution in [1.82, 2.24) is 4.98 Å². The fourth-order valence-corrected chi connectivity index (χ4v) is 2.16. The van der Waals surface area contributed by atoms with Crippen LogP contribution in [0.15, 0.2) is 54.7 Å². The normalized spacial score (nSPS) is 11.6. The average Bonchev–Trinajstić information content (AvgIpc) is 2.48. The van der Waals surface area contributed by atoms with Gasteiger partial charge in [-0.3, -0.25) is 4.98 Å². The minimum atomic E-state index is -4.38. The highest BCUT2D eigenvalue weighted by Crippen LogP contribution is 2.33. The lowest BCUT2D eigenvalue weighted by molar-refractivity contribution is -0.137. The van der Waals surface area contributed by atoms with E-state index in [4.69, 9.17) is 5.73 Å². The standard InChI is InChI=1S/C16H12F3N3/c17-16(18,19)10-1-6-13-14(7-8-21-15(13)9-10)22-12-4-2-11(20)3-5-12/h1-9H,20H2,(H,21,22). The molecule has 0 saturated heterocycles. The molecule has 1 heterocycles. The zero-order valence-corrected chi connectivity index (χ0v) is 11.4. The first kappa shape index (κ1) is 14.2. The van der Waals surface area contributed by atoms with Crippen LogP contribution in [0.4, 0.5) is 30.2 Å². The Kier molecular flexibility index (Phi) is 3.36. The molecular formula is C16H12F3N3. The van der Waals surface area contributed by atoms with E-state index in [1.165, 1.54) is 12.3 Å². The molecule has 0 atom stereocenters. The number of aromatic nitrogens is 1. The van der Waals surface area contributed by atoms with Gasteiger partial charge in [0.25, 0.3) is 0 Å². The van der Waals surface area contributed by atoms with Crippen LogP contribution in [0.5, 0.6) is 0 Å². The molecule has 112 valence electrons. The molecule has 1 aromatic heterocycles. The smallest absolute Gasteiger partial charge is 0.399 e. The van der Waals surface area contributed by atoms with E-state index in [1.807, 2.05) is 0 Å². The lowest BCUT2D eigenvalue weighted by Gasteiger charge is -2.12. The van der Waals surface area contributed by atoms with E-state index in [2.05, 4.69) is 10.3 Å².